The summed E-state index contributed by atoms with van der Waals surface area (Å²) in [6.07, 6.45) is 35.1. The van der Waals surface area contributed by atoms with Crippen LogP contribution in [-0.2, 0) is 4.08 Å². The molecule has 1 aromatic rings. The van der Waals surface area contributed by atoms with Crippen LogP contribution in [0.1, 0.15) is 167 Å². The topological polar surface area (TPSA) is 38.7 Å². The summed E-state index contributed by atoms with van der Waals surface area (Å²) in [5.41, 5.74) is 0.392. The van der Waals surface area contributed by atoms with Crippen molar-refractivity contribution >= 4 is 39.5 Å². The second kappa shape index (κ2) is 24.6. The minimum absolute atomic E-state index is 0.209. The predicted octanol–water partition coefficient (Wildman–Crippen LogP) is 13.7. The molecule has 1 aliphatic carbocycles. The Kier molecular flexibility index (Phi) is 21.4. The van der Waals surface area contributed by atoms with Crippen LogP contribution in [-0.4, -0.2) is 35.4 Å². The fraction of sp³-hybridized carbons (Fsp3) is 0.756. The minimum Gasteiger partial charge on any atom is -0.490 e. The lowest BCUT2D eigenvalue weighted by atomic mass is 9.88. The Hall–Kier alpha value is -0.560. The molecule has 0 spiro atoms. The molecule has 0 aromatic heterocycles. The van der Waals surface area contributed by atoms with Crippen LogP contribution in [0.25, 0.3) is 0 Å². The average Bonchev–Trinajstić information content (AvgIpc) is 3.08. The summed E-state index contributed by atoms with van der Waals surface area (Å²) in [4.78, 5) is 0. The Bertz CT molecular complexity index is 1020. The van der Waals surface area contributed by atoms with Crippen molar-refractivity contribution < 1.29 is 14.6 Å². The Morgan fingerprint density at radius 1 is 0.681 bits per heavy atom. The summed E-state index contributed by atoms with van der Waals surface area (Å²) in [6.45, 7) is 6.04. The van der Waals surface area contributed by atoms with E-state index in [9.17, 15) is 5.11 Å². The highest BCUT2D eigenvalue weighted by Crippen LogP contribution is 2.56. The monoisotopic (exact) mass is 750 g/mol. The summed E-state index contributed by atoms with van der Waals surface area (Å²) in [7, 11) is 0. The van der Waals surface area contributed by atoms with Gasteiger partial charge in [0.15, 0.2) is 11.5 Å². The standard InChI is InChI=1S/C41H67BrO3S2/c1-3-5-7-9-11-13-15-17-19-21-30-44-38-25-24-36(34-39(38)45-31-22-20-18-16-14-12-10-8-6-4-2)41(46-32-23-33-47-41)35-40(43)28-26-37(42)27-29-40/h24-28,34,43H,3-23,29-33,35H2,1-2H3. The van der Waals surface area contributed by atoms with Gasteiger partial charge in [-0.15, -0.1) is 23.5 Å². The van der Waals surface area contributed by atoms with Crippen LogP contribution in [0.3, 0.4) is 0 Å². The SMILES string of the molecule is CCCCCCCCCCCCOc1ccc(C2(CC3(O)C=CC(Br)=CC3)SCCCS2)cc1OCCCCCCCCCCCC. The van der Waals surface area contributed by atoms with Gasteiger partial charge in [-0.2, -0.15) is 0 Å². The van der Waals surface area contributed by atoms with E-state index in [1.54, 1.807) is 0 Å². The van der Waals surface area contributed by atoms with E-state index in [0.29, 0.717) is 12.8 Å². The molecule has 0 amide bonds. The van der Waals surface area contributed by atoms with E-state index < -0.39 is 5.60 Å². The highest BCUT2D eigenvalue weighted by Gasteiger charge is 2.43. The van der Waals surface area contributed by atoms with Gasteiger partial charge in [0.05, 0.1) is 22.9 Å². The van der Waals surface area contributed by atoms with Crippen molar-refractivity contribution in [3.05, 3.63) is 46.5 Å². The molecule has 3 rings (SSSR count). The van der Waals surface area contributed by atoms with Gasteiger partial charge in [0, 0.05) is 10.9 Å². The zero-order valence-electron chi connectivity index (χ0n) is 30.0. The highest BCUT2D eigenvalue weighted by molar-refractivity contribution is 9.11. The van der Waals surface area contributed by atoms with E-state index in [-0.39, 0.29) is 4.08 Å². The van der Waals surface area contributed by atoms with Crippen molar-refractivity contribution in [2.45, 2.75) is 171 Å². The molecule has 1 unspecified atom stereocenters. The molecule has 1 saturated heterocycles. The van der Waals surface area contributed by atoms with Crippen LogP contribution in [0.5, 0.6) is 11.5 Å². The third-order valence-corrected chi connectivity index (χ3v) is 13.6. The number of rotatable bonds is 27. The smallest absolute Gasteiger partial charge is 0.161 e. The van der Waals surface area contributed by atoms with Gasteiger partial charge in [-0.05, 0) is 61.0 Å². The lowest BCUT2D eigenvalue weighted by Crippen LogP contribution is -2.37. The molecule has 1 aliphatic heterocycles. The number of aliphatic hydroxyl groups is 1. The van der Waals surface area contributed by atoms with E-state index in [2.05, 4.69) is 54.1 Å². The number of thioether (sulfide) groups is 2. The fourth-order valence-corrected chi connectivity index (χ4v) is 10.5. The molecule has 0 saturated carbocycles. The van der Waals surface area contributed by atoms with Crippen LogP contribution in [0.2, 0.25) is 0 Å². The average molecular weight is 752 g/mol. The summed E-state index contributed by atoms with van der Waals surface area (Å²) in [6, 6.07) is 6.64. The van der Waals surface area contributed by atoms with E-state index >= 15 is 0 Å². The Morgan fingerprint density at radius 3 is 1.66 bits per heavy atom. The van der Waals surface area contributed by atoms with Crippen molar-refractivity contribution in [3.63, 3.8) is 0 Å². The molecule has 1 atom stereocenters. The molecule has 2 aliphatic rings. The number of unbranched alkanes of at least 4 members (excludes halogenated alkanes) is 18. The summed E-state index contributed by atoms with van der Waals surface area (Å²) in [5.74, 6) is 3.97. The summed E-state index contributed by atoms with van der Waals surface area (Å²) >= 11 is 7.56. The quantitative estimate of drug-likeness (QED) is 0.0906. The number of halogens is 1. The van der Waals surface area contributed by atoms with Crippen LogP contribution < -0.4 is 9.47 Å². The van der Waals surface area contributed by atoms with Crippen molar-refractivity contribution in [1.29, 1.82) is 0 Å². The first-order valence-corrected chi connectivity index (χ1v) is 22.2. The van der Waals surface area contributed by atoms with Crippen LogP contribution in [0.15, 0.2) is 40.9 Å². The largest absolute Gasteiger partial charge is 0.490 e. The second-order valence-electron chi connectivity index (χ2n) is 13.9. The predicted molar refractivity (Wildman–Crippen MR) is 213 cm³/mol. The zero-order chi connectivity index (χ0) is 33.5. The Balaban J connectivity index is 1.56. The summed E-state index contributed by atoms with van der Waals surface area (Å²) < 4.78 is 13.8. The van der Waals surface area contributed by atoms with E-state index in [1.165, 1.54) is 128 Å². The van der Waals surface area contributed by atoms with Gasteiger partial charge in [-0.1, -0.05) is 164 Å². The molecule has 1 N–H and O–H groups in total. The highest BCUT2D eigenvalue weighted by atomic mass is 79.9. The Labute approximate surface area is 306 Å². The van der Waals surface area contributed by atoms with Gasteiger partial charge in [0.2, 0.25) is 0 Å². The molecule has 1 fully saturated rings. The maximum Gasteiger partial charge on any atom is 0.161 e. The van der Waals surface area contributed by atoms with E-state index in [1.807, 2.05) is 35.7 Å². The number of benzene rings is 1. The lowest BCUT2D eigenvalue weighted by molar-refractivity contribution is 0.0797. The van der Waals surface area contributed by atoms with Gasteiger partial charge in [-0.3, -0.25) is 0 Å². The third kappa shape index (κ3) is 16.3. The fourth-order valence-electron chi connectivity index (χ4n) is 6.64. The van der Waals surface area contributed by atoms with Gasteiger partial charge < -0.3 is 14.6 Å². The van der Waals surface area contributed by atoms with Gasteiger partial charge in [-0.25, -0.2) is 0 Å². The van der Waals surface area contributed by atoms with Crippen molar-refractivity contribution in [1.82, 2.24) is 0 Å². The third-order valence-electron chi connectivity index (χ3n) is 9.60. The van der Waals surface area contributed by atoms with Gasteiger partial charge in [0.1, 0.15) is 0 Å². The maximum atomic E-state index is 11.6. The first-order valence-electron chi connectivity index (χ1n) is 19.5. The summed E-state index contributed by atoms with van der Waals surface area (Å²) in [5, 5.41) is 11.6. The molecule has 0 radical (unpaired) electrons. The normalized spacial score (nSPS) is 19.1. The van der Waals surface area contributed by atoms with E-state index in [0.717, 1.165) is 53.5 Å². The number of ether oxygens (including phenoxy) is 2. The second-order valence-corrected chi connectivity index (χ2v) is 17.9. The molecule has 3 nitrogen and oxygen atoms in total. The van der Waals surface area contributed by atoms with E-state index in [4.69, 9.17) is 9.47 Å². The molecular formula is C41H67BrO3S2. The molecule has 6 heteroatoms. The number of hydrogen-bond donors (Lipinski definition) is 1. The zero-order valence-corrected chi connectivity index (χ0v) is 33.2. The van der Waals surface area contributed by atoms with Gasteiger partial charge >= 0.3 is 0 Å². The molecule has 47 heavy (non-hydrogen) atoms. The van der Waals surface area contributed by atoms with Crippen LogP contribution in [0, 0.1) is 0 Å². The van der Waals surface area contributed by atoms with Crippen molar-refractivity contribution in [2.24, 2.45) is 0 Å². The first kappa shape index (κ1) is 40.9. The minimum atomic E-state index is -0.851. The molecular weight excluding hydrogens is 684 g/mol. The van der Waals surface area contributed by atoms with Crippen molar-refractivity contribution in [2.75, 3.05) is 24.7 Å². The maximum absolute atomic E-state index is 11.6. The number of allylic oxidation sites excluding steroid dienone is 2. The number of hydrogen-bond acceptors (Lipinski definition) is 5. The van der Waals surface area contributed by atoms with Gasteiger partial charge in [0.25, 0.3) is 0 Å². The molecule has 268 valence electrons. The first-order chi connectivity index (χ1) is 23.0. The molecule has 1 aromatic carbocycles. The van der Waals surface area contributed by atoms with Crippen molar-refractivity contribution in [3.8, 4) is 11.5 Å². The molecule has 0 bridgehead atoms. The van der Waals surface area contributed by atoms with Crippen LogP contribution >= 0.6 is 39.5 Å². The lowest BCUT2D eigenvalue weighted by Gasteiger charge is -2.42. The van der Waals surface area contributed by atoms with Crippen LogP contribution in [0.4, 0.5) is 0 Å². The Morgan fingerprint density at radius 2 is 1.17 bits per heavy atom. The molecule has 1 heterocycles.